The zero-order valence-corrected chi connectivity index (χ0v) is 13.7. The Balaban J connectivity index is 1.92. The predicted octanol–water partition coefficient (Wildman–Crippen LogP) is 2.17. The summed E-state index contributed by atoms with van der Waals surface area (Å²) in [5.74, 6) is 0.942. The highest BCUT2D eigenvalue weighted by atomic mass is 19.4. The Morgan fingerprint density at radius 3 is 2.42 bits per heavy atom. The zero-order valence-electron chi connectivity index (χ0n) is 13.7. The summed E-state index contributed by atoms with van der Waals surface area (Å²) < 4.78 is 46.8. The Morgan fingerprint density at radius 2 is 1.88 bits per heavy atom. The van der Waals surface area contributed by atoms with Crippen LogP contribution in [0.2, 0.25) is 0 Å². The summed E-state index contributed by atoms with van der Waals surface area (Å²) in [6.07, 6.45) is -3.57. The summed E-state index contributed by atoms with van der Waals surface area (Å²) in [7, 11) is 3.15. The molecule has 0 radical (unpaired) electrons. The summed E-state index contributed by atoms with van der Waals surface area (Å²) >= 11 is 0. The zero-order chi connectivity index (χ0) is 17.7. The first-order chi connectivity index (χ1) is 11.3. The molecule has 134 valence electrons. The Kier molecular flexibility index (Phi) is 5.93. The van der Waals surface area contributed by atoms with E-state index in [0.29, 0.717) is 24.6 Å². The van der Waals surface area contributed by atoms with Crippen LogP contribution < -0.4 is 14.8 Å². The maximum absolute atomic E-state index is 12.1. The van der Waals surface area contributed by atoms with E-state index in [0.717, 1.165) is 12.0 Å². The maximum Gasteiger partial charge on any atom is 0.405 e. The molecule has 8 heteroatoms. The van der Waals surface area contributed by atoms with E-state index in [1.165, 1.54) is 0 Å². The molecule has 1 aliphatic heterocycles. The van der Waals surface area contributed by atoms with Gasteiger partial charge < -0.3 is 14.8 Å². The van der Waals surface area contributed by atoms with Gasteiger partial charge in [0.25, 0.3) is 0 Å². The van der Waals surface area contributed by atoms with Crippen LogP contribution in [-0.2, 0) is 4.79 Å². The second kappa shape index (κ2) is 7.74. The second-order valence-electron chi connectivity index (χ2n) is 5.76. The molecule has 1 amide bonds. The first-order valence-corrected chi connectivity index (χ1v) is 7.59. The van der Waals surface area contributed by atoms with Crippen molar-refractivity contribution < 1.29 is 27.4 Å². The number of hydrogen-bond acceptors (Lipinski definition) is 4. The van der Waals surface area contributed by atoms with E-state index in [1.54, 1.807) is 20.3 Å². The molecule has 2 rings (SSSR count). The molecule has 1 fully saturated rings. The molecule has 5 nitrogen and oxygen atoms in total. The number of hydrogen-bond donors (Lipinski definition) is 1. The largest absolute Gasteiger partial charge is 0.497 e. The molecule has 1 heterocycles. The van der Waals surface area contributed by atoms with Crippen molar-refractivity contribution in [3.63, 3.8) is 0 Å². The number of amides is 1. The normalized spacial score (nSPS) is 18.5. The molecule has 1 aromatic carbocycles. The van der Waals surface area contributed by atoms with Crippen LogP contribution in [0.4, 0.5) is 13.2 Å². The van der Waals surface area contributed by atoms with E-state index in [-0.39, 0.29) is 12.5 Å². The maximum atomic E-state index is 12.1. The minimum absolute atomic E-state index is 0.0340. The number of alkyl halides is 3. The highest BCUT2D eigenvalue weighted by Crippen LogP contribution is 2.32. The van der Waals surface area contributed by atoms with E-state index in [9.17, 15) is 18.0 Å². The number of ether oxygens (including phenoxy) is 2. The van der Waals surface area contributed by atoms with E-state index < -0.39 is 18.6 Å². The molecule has 0 aromatic heterocycles. The van der Waals surface area contributed by atoms with Gasteiger partial charge in [-0.15, -0.1) is 0 Å². The lowest BCUT2D eigenvalue weighted by Gasteiger charge is -2.17. The fourth-order valence-corrected chi connectivity index (χ4v) is 2.77. The van der Waals surface area contributed by atoms with Crippen molar-refractivity contribution in [1.29, 1.82) is 0 Å². The average molecular weight is 346 g/mol. The lowest BCUT2D eigenvalue weighted by atomic mass is 9.98. The highest BCUT2D eigenvalue weighted by Gasteiger charge is 2.29. The lowest BCUT2D eigenvalue weighted by Crippen LogP contribution is -2.40. The Bertz CT molecular complexity index is 556. The van der Waals surface area contributed by atoms with Gasteiger partial charge in [0, 0.05) is 12.6 Å². The summed E-state index contributed by atoms with van der Waals surface area (Å²) in [5, 5.41) is 1.89. The molecule has 1 atom stereocenters. The molecule has 1 aliphatic rings. The smallest absolute Gasteiger partial charge is 0.405 e. The Labute approximate surface area is 138 Å². The van der Waals surface area contributed by atoms with Gasteiger partial charge in [-0.2, -0.15) is 13.2 Å². The topological polar surface area (TPSA) is 50.8 Å². The fraction of sp³-hybridized carbons (Fsp3) is 0.562. The molecular weight excluding hydrogens is 325 g/mol. The number of carbonyl (C=O) groups excluding carboxylic acids is 1. The third-order valence-electron chi connectivity index (χ3n) is 3.97. The number of halogens is 3. The summed E-state index contributed by atoms with van der Waals surface area (Å²) in [6, 6.07) is 5.61. The third kappa shape index (κ3) is 5.30. The molecule has 1 N–H and O–H groups in total. The molecule has 0 unspecified atom stereocenters. The summed E-state index contributed by atoms with van der Waals surface area (Å²) in [4.78, 5) is 13.4. The fourth-order valence-electron chi connectivity index (χ4n) is 2.77. The van der Waals surface area contributed by atoms with Gasteiger partial charge in [0.2, 0.25) is 5.91 Å². The lowest BCUT2D eigenvalue weighted by molar-refractivity contribution is -0.138. The van der Waals surface area contributed by atoms with Crippen LogP contribution in [0, 0.1) is 0 Å². The monoisotopic (exact) mass is 346 g/mol. The number of rotatable bonds is 6. The quantitative estimate of drug-likeness (QED) is 0.858. The molecule has 0 aliphatic carbocycles. The van der Waals surface area contributed by atoms with Crippen LogP contribution in [0.3, 0.4) is 0 Å². The van der Waals surface area contributed by atoms with Crippen molar-refractivity contribution >= 4 is 5.91 Å². The molecule has 1 aromatic rings. The minimum atomic E-state index is -4.39. The van der Waals surface area contributed by atoms with Crippen molar-refractivity contribution in [3.05, 3.63) is 23.8 Å². The minimum Gasteiger partial charge on any atom is -0.497 e. The van der Waals surface area contributed by atoms with E-state index in [1.807, 2.05) is 22.3 Å². The number of likely N-dealkylation sites (tertiary alicyclic amines) is 1. The average Bonchev–Trinajstić information content (AvgIpc) is 3.00. The van der Waals surface area contributed by atoms with Crippen LogP contribution in [0.1, 0.15) is 17.9 Å². The third-order valence-corrected chi connectivity index (χ3v) is 3.97. The van der Waals surface area contributed by atoms with Gasteiger partial charge in [0.15, 0.2) is 0 Å². The molecule has 24 heavy (non-hydrogen) atoms. The van der Waals surface area contributed by atoms with Crippen LogP contribution in [0.25, 0.3) is 0 Å². The van der Waals surface area contributed by atoms with Crippen LogP contribution in [0.5, 0.6) is 11.5 Å². The number of nitrogens with zero attached hydrogens (tertiary/aromatic N) is 1. The van der Waals surface area contributed by atoms with Gasteiger partial charge >= 0.3 is 6.18 Å². The number of carbonyl (C=O) groups is 1. The van der Waals surface area contributed by atoms with Crippen LogP contribution >= 0.6 is 0 Å². The van der Waals surface area contributed by atoms with Gasteiger partial charge in [-0.25, -0.2) is 0 Å². The molecule has 1 saturated heterocycles. The van der Waals surface area contributed by atoms with Gasteiger partial charge in [0.05, 0.1) is 20.8 Å². The standard InChI is InChI=1S/C16H21F3N2O3/c1-23-13-5-12(6-14(7-13)24-2)11-3-4-21(8-11)9-15(22)20-10-16(17,18)19/h5-7,11H,3-4,8-10H2,1-2H3,(H,20,22)/t11-/m0/s1. The Hall–Kier alpha value is -1.96. The summed E-state index contributed by atoms with van der Waals surface area (Å²) in [6.45, 7) is -0.0662. The van der Waals surface area contributed by atoms with Crippen LogP contribution in [-0.4, -0.2) is 57.4 Å². The molecular formula is C16H21F3N2O3. The Morgan fingerprint density at radius 1 is 1.25 bits per heavy atom. The number of nitrogens with one attached hydrogen (secondary N) is 1. The van der Waals surface area contributed by atoms with E-state index >= 15 is 0 Å². The molecule has 0 saturated carbocycles. The van der Waals surface area contributed by atoms with Gasteiger partial charge in [-0.1, -0.05) is 0 Å². The van der Waals surface area contributed by atoms with Crippen molar-refractivity contribution in [2.75, 3.05) is 40.4 Å². The van der Waals surface area contributed by atoms with Crippen molar-refractivity contribution in [3.8, 4) is 11.5 Å². The van der Waals surface area contributed by atoms with Crippen molar-refractivity contribution in [2.45, 2.75) is 18.5 Å². The molecule has 0 spiro atoms. The van der Waals surface area contributed by atoms with Crippen LogP contribution in [0.15, 0.2) is 18.2 Å². The van der Waals surface area contributed by atoms with E-state index in [4.69, 9.17) is 9.47 Å². The van der Waals surface area contributed by atoms with Gasteiger partial charge in [0.1, 0.15) is 18.0 Å². The SMILES string of the molecule is COc1cc(OC)cc([C@H]2CCN(CC(=O)NCC(F)(F)F)C2)c1. The van der Waals surface area contributed by atoms with Crippen molar-refractivity contribution in [2.24, 2.45) is 0 Å². The van der Waals surface area contributed by atoms with E-state index in [2.05, 4.69) is 0 Å². The first kappa shape index (κ1) is 18.4. The highest BCUT2D eigenvalue weighted by molar-refractivity contribution is 5.78. The predicted molar refractivity (Wildman–Crippen MR) is 82.4 cm³/mol. The number of methoxy groups -OCH3 is 2. The van der Waals surface area contributed by atoms with Crippen molar-refractivity contribution in [1.82, 2.24) is 10.2 Å². The van der Waals surface area contributed by atoms with Gasteiger partial charge in [-0.05, 0) is 36.6 Å². The number of benzene rings is 1. The molecule has 0 bridgehead atoms. The summed E-state index contributed by atoms with van der Waals surface area (Å²) in [5.41, 5.74) is 1.03. The van der Waals surface area contributed by atoms with Gasteiger partial charge in [-0.3, -0.25) is 9.69 Å². The first-order valence-electron chi connectivity index (χ1n) is 7.59. The second-order valence-corrected chi connectivity index (χ2v) is 5.76.